The summed E-state index contributed by atoms with van der Waals surface area (Å²) in [5, 5.41) is 5.47. The quantitative estimate of drug-likeness (QED) is 0.306. The van der Waals surface area contributed by atoms with E-state index in [1.54, 1.807) is 23.1 Å². The fraction of sp³-hybridized carbons (Fsp3) is 0.227. The molecule has 1 N–H and O–H groups in total. The first kappa shape index (κ1) is 20.8. The Morgan fingerprint density at radius 2 is 2.03 bits per heavy atom. The van der Waals surface area contributed by atoms with Gasteiger partial charge in [0.05, 0.1) is 11.7 Å². The molecule has 4 rings (SSSR count). The molecule has 0 aliphatic heterocycles. The maximum Gasteiger partial charge on any atom is 0.263 e. The summed E-state index contributed by atoms with van der Waals surface area (Å²) in [5.74, 6) is 0.752. The van der Waals surface area contributed by atoms with Crippen LogP contribution in [0.1, 0.15) is 11.3 Å². The number of hydrogen-bond acceptors (Lipinski definition) is 6. The van der Waals surface area contributed by atoms with Crippen LogP contribution < -0.4 is 10.9 Å². The lowest BCUT2D eigenvalue weighted by Crippen LogP contribution is -2.33. The monoisotopic (exact) mass is 455 g/mol. The number of thioether (sulfide) groups is 1. The smallest absolute Gasteiger partial charge is 0.263 e. The largest absolute Gasteiger partial charge is 0.355 e. The van der Waals surface area contributed by atoms with Crippen LogP contribution in [0.25, 0.3) is 20.7 Å². The number of carbonyl (C=O) groups excluding carboxylic acids is 1. The Morgan fingerprint density at radius 3 is 2.80 bits per heavy atom. The first-order valence-corrected chi connectivity index (χ1v) is 12.3. The molecule has 0 spiro atoms. The van der Waals surface area contributed by atoms with Crippen LogP contribution in [0.4, 0.5) is 0 Å². The summed E-state index contributed by atoms with van der Waals surface area (Å²) in [6.07, 6.45) is 2.33. The Morgan fingerprint density at radius 1 is 1.20 bits per heavy atom. The Labute approximate surface area is 186 Å². The number of nitrogens with zero attached hydrogens (tertiary/aromatic N) is 2. The molecule has 1 aromatic carbocycles. The second-order valence-corrected chi connectivity index (χ2v) is 10.1. The minimum Gasteiger partial charge on any atom is -0.355 e. The van der Waals surface area contributed by atoms with E-state index in [-0.39, 0.29) is 18.0 Å². The predicted octanol–water partition coefficient (Wildman–Crippen LogP) is 4.79. The van der Waals surface area contributed by atoms with Crippen molar-refractivity contribution in [3.63, 3.8) is 0 Å². The molecule has 4 aromatic rings. The number of fused-ring (bicyclic) bond motifs is 1. The second-order valence-electron chi connectivity index (χ2n) is 6.78. The van der Waals surface area contributed by atoms with Crippen LogP contribution in [0.2, 0.25) is 0 Å². The van der Waals surface area contributed by atoms with E-state index < -0.39 is 0 Å². The Kier molecular flexibility index (Phi) is 6.66. The van der Waals surface area contributed by atoms with Gasteiger partial charge in [0.25, 0.3) is 5.56 Å². The molecule has 1 amide bonds. The van der Waals surface area contributed by atoms with E-state index in [9.17, 15) is 9.59 Å². The van der Waals surface area contributed by atoms with Crippen LogP contribution in [-0.4, -0.2) is 27.8 Å². The maximum atomic E-state index is 13.0. The molecule has 30 heavy (non-hydrogen) atoms. The highest BCUT2D eigenvalue weighted by Crippen LogP contribution is 2.34. The molecule has 5 nitrogen and oxygen atoms in total. The van der Waals surface area contributed by atoms with E-state index in [4.69, 9.17) is 0 Å². The van der Waals surface area contributed by atoms with Crippen LogP contribution in [0.5, 0.6) is 0 Å². The number of aromatic nitrogens is 2. The van der Waals surface area contributed by atoms with Gasteiger partial charge in [-0.1, -0.05) is 18.2 Å². The Balaban J connectivity index is 1.37. The van der Waals surface area contributed by atoms with Gasteiger partial charge in [0.2, 0.25) is 5.91 Å². The van der Waals surface area contributed by atoms with Crippen LogP contribution in [0.15, 0.2) is 63.9 Å². The lowest BCUT2D eigenvalue weighted by Gasteiger charge is -2.08. The maximum absolute atomic E-state index is 13.0. The molecule has 0 bridgehead atoms. The summed E-state index contributed by atoms with van der Waals surface area (Å²) in [4.78, 5) is 33.9. The topological polar surface area (TPSA) is 64.0 Å². The van der Waals surface area contributed by atoms with Gasteiger partial charge in [-0.15, -0.1) is 34.4 Å². The van der Waals surface area contributed by atoms with Gasteiger partial charge >= 0.3 is 0 Å². The van der Waals surface area contributed by atoms with Crippen molar-refractivity contribution in [2.45, 2.75) is 24.8 Å². The number of hydrogen-bond donors (Lipinski definition) is 1. The predicted molar refractivity (Wildman–Crippen MR) is 127 cm³/mol. The van der Waals surface area contributed by atoms with Gasteiger partial charge in [-0.25, -0.2) is 4.98 Å². The zero-order valence-electron chi connectivity index (χ0n) is 16.5. The molecule has 0 fully saturated rings. The molecule has 0 aliphatic carbocycles. The number of carbonyl (C=O) groups is 1. The van der Waals surface area contributed by atoms with Crippen LogP contribution in [0, 0.1) is 6.92 Å². The number of amides is 1. The van der Waals surface area contributed by atoms with Crippen LogP contribution in [-0.2, 0) is 11.3 Å². The standard InChI is InChI=1S/C22H21N3O2S3/c1-15-8-9-18(30-15)17-13-29-21-20(17)22(27)25(14-24-21)12-19(26)23-10-5-11-28-16-6-3-2-4-7-16/h2-4,6-9,13-14H,5,10-12H2,1H3,(H,23,26). The van der Waals surface area contributed by atoms with Gasteiger partial charge < -0.3 is 5.32 Å². The average molecular weight is 456 g/mol. The molecule has 0 aliphatic rings. The van der Waals surface area contributed by atoms with Crippen molar-refractivity contribution in [2.75, 3.05) is 12.3 Å². The second kappa shape index (κ2) is 9.59. The van der Waals surface area contributed by atoms with Gasteiger partial charge in [-0.3, -0.25) is 14.2 Å². The zero-order valence-corrected chi connectivity index (χ0v) is 18.9. The number of rotatable bonds is 8. The van der Waals surface area contributed by atoms with Crippen molar-refractivity contribution in [1.29, 1.82) is 0 Å². The van der Waals surface area contributed by atoms with Crippen molar-refractivity contribution in [2.24, 2.45) is 0 Å². The third kappa shape index (κ3) is 4.83. The first-order valence-electron chi connectivity index (χ1n) is 9.60. The summed E-state index contributed by atoms with van der Waals surface area (Å²) in [7, 11) is 0. The van der Waals surface area contributed by atoms with E-state index in [2.05, 4.69) is 22.4 Å². The van der Waals surface area contributed by atoms with Gasteiger partial charge in [0, 0.05) is 32.1 Å². The molecule has 0 saturated heterocycles. The molecular weight excluding hydrogens is 434 g/mol. The summed E-state index contributed by atoms with van der Waals surface area (Å²) in [6.45, 7) is 2.61. The molecular formula is C22H21N3O2S3. The summed E-state index contributed by atoms with van der Waals surface area (Å²) >= 11 is 4.88. The van der Waals surface area contributed by atoms with Crippen LogP contribution in [0.3, 0.4) is 0 Å². The van der Waals surface area contributed by atoms with Gasteiger partial charge in [0.15, 0.2) is 0 Å². The lowest BCUT2D eigenvalue weighted by molar-refractivity contribution is -0.121. The van der Waals surface area contributed by atoms with Crippen molar-refractivity contribution in [1.82, 2.24) is 14.9 Å². The van der Waals surface area contributed by atoms with E-state index >= 15 is 0 Å². The third-order valence-corrected chi connectivity index (χ3v) is 7.55. The van der Waals surface area contributed by atoms with E-state index in [1.165, 1.54) is 32.0 Å². The summed E-state index contributed by atoms with van der Waals surface area (Å²) in [5.41, 5.74) is 0.732. The summed E-state index contributed by atoms with van der Waals surface area (Å²) in [6, 6.07) is 14.3. The van der Waals surface area contributed by atoms with E-state index in [0.29, 0.717) is 16.8 Å². The molecule has 0 radical (unpaired) electrons. The number of nitrogens with one attached hydrogen (secondary N) is 1. The zero-order chi connectivity index (χ0) is 20.9. The van der Waals surface area contributed by atoms with Crippen molar-refractivity contribution < 1.29 is 4.79 Å². The molecule has 0 atom stereocenters. The molecule has 0 unspecified atom stereocenters. The summed E-state index contributed by atoms with van der Waals surface area (Å²) < 4.78 is 1.40. The molecule has 8 heteroatoms. The lowest BCUT2D eigenvalue weighted by atomic mass is 10.2. The molecule has 3 heterocycles. The SMILES string of the molecule is Cc1ccc(-c2csc3ncn(CC(=O)NCCCSc4ccccc4)c(=O)c23)s1. The molecule has 154 valence electrons. The Bertz CT molecular complexity index is 1210. The minimum atomic E-state index is -0.174. The highest BCUT2D eigenvalue weighted by atomic mass is 32.2. The van der Waals surface area contributed by atoms with E-state index in [1.807, 2.05) is 42.6 Å². The normalized spacial score (nSPS) is 11.1. The van der Waals surface area contributed by atoms with E-state index in [0.717, 1.165) is 22.6 Å². The van der Waals surface area contributed by atoms with Crippen LogP contribution >= 0.6 is 34.4 Å². The van der Waals surface area contributed by atoms with Crippen molar-refractivity contribution >= 4 is 50.6 Å². The van der Waals surface area contributed by atoms with Crippen molar-refractivity contribution in [3.05, 3.63) is 69.4 Å². The Hall–Kier alpha value is -2.42. The minimum absolute atomic E-state index is 0.0215. The average Bonchev–Trinajstić information content (AvgIpc) is 3.37. The fourth-order valence-corrected chi connectivity index (χ4v) is 5.79. The van der Waals surface area contributed by atoms with Gasteiger partial charge in [0.1, 0.15) is 11.4 Å². The highest BCUT2D eigenvalue weighted by molar-refractivity contribution is 7.99. The first-order chi connectivity index (χ1) is 14.6. The number of thiophene rings is 2. The van der Waals surface area contributed by atoms with Gasteiger partial charge in [-0.2, -0.15) is 0 Å². The number of aryl methyl sites for hydroxylation is 1. The van der Waals surface area contributed by atoms with Gasteiger partial charge in [-0.05, 0) is 43.4 Å². The number of benzene rings is 1. The molecule has 0 saturated carbocycles. The fourth-order valence-electron chi connectivity index (χ4n) is 3.06. The van der Waals surface area contributed by atoms with Crippen molar-refractivity contribution in [3.8, 4) is 10.4 Å². The third-order valence-electron chi connectivity index (χ3n) is 4.54. The molecule has 3 aromatic heterocycles. The highest BCUT2D eigenvalue weighted by Gasteiger charge is 2.15.